The summed E-state index contributed by atoms with van der Waals surface area (Å²) < 4.78 is 0. The maximum absolute atomic E-state index is 12.1. The number of amides is 3. The van der Waals surface area contributed by atoms with E-state index in [2.05, 4.69) is 5.32 Å². The van der Waals surface area contributed by atoms with Crippen LogP contribution in [0, 0.1) is 0 Å². The second-order valence-electron chi connectivity index (χ2n) is 5.21. The zero-order valence-corrected chi connectivity index (χ0v) is 12.3. The fourth-order valence-electron chi connectivity index (χ4n) is 2.16. The van der Waals surface area contributed by atoms with Gasteiger partial charge >= 0.3 is 0 Å². The minimum atomic E-state index is -0.323. The Labute approximate surface area is 123 Å². The molecule has 1 aromatic carbocycles. The second-order valence-corrected chi connectivity index (χ2v) is 5.21. The van der Waals surface area contributed by atoms with Crippen LogP contribution in [0.15, 0.2) is 24.3 Å². The van der Waals surface area contributed by atoms with E-state index in [1.807, 2.05) is 19.0 Å². The Morgan fingerprint density at radius 1 is 1.14 bits per heavy atom. The second kappa shape index (κ2) is 6.49. The predicted octanol–water partition coefficient (Wildman–Crippen LogP) is 0.351. The van der Waals surface area contributed by atoms with E-state index in [0.29, 0.717) is 17.7 Å². The van der Waals surface area contributed by atoms with Crippen molar-refractivity contribution in [2.75, 3.05) is 33.7 Å². The quantitative estimate of drug-likeness (QED) is 0.767. The first-order chi connectivity index (χ1) is 10.0. The number of fused-ring (bicyclic) bond motifs is 1. The van der Waals surface area contributed by atoms with E-state index in [-0.39, 0.29) is 30.7 Å². The van der Waals surface area contributed by atoms with E-state index < -0.39 is 0 Å². The predicted molar refractivity (Wildman–Crippen MR) is 78.0 cm³/mol. The first-order valence-corrected chi connectivity index (χ1v) is 6.87. The van der Waals surface area contributed by atoms with Gasteiger partial charge in [0.2, 0.25) is 5.91 Å². The van der Waals surface area contributed by atoms with Crippen LogP contribution < -0.4 is 5.32 Å². The average molecular weight is 289 g/mol. The van der Waals surface area contributed by atoms with Crippen molar-refractivity contribution >= 4 is 17.7 Å². The molecule has 0 atom stereocenters. The molecular weight excluding hydrogens is 270 g/mol. The number of benzene rings is 1. The number of hydrogen-bond donors (Lipinski definition) is 1. The monoisotopic (exact) mass is 289 g/mol. The molecule has 112 valence electrons. The Morgan fingerprint density at radius 2 is 1.71 bits per heavy atom. The van der Waals surface area contributed by atoms with Crippen LogP contribution in [0.1, 0.15) is 27.1 Å². The number of nitrogens with zero attached hydrogens (tertiary/aromatic N) is 2. The van der Waals surface area contributed by atoms with Crippen LogP contribution in [0.4, 0.5) is 0 Å². The summed E-state index contributed by atoms with van der Waals surface area (Å²) >= 11 is 0. The molecule has 0 saturated carbocycles. The fraction of sp³-hybridized carbons (Fsp3) is 0.400. The molecule has 21 heavy (non-hydrogen) atoms. The molecule has 0 radical (unpaired) electrons. The number of carbonyl (C=O) groups excluding carboxylic acids is 3. The van der Waals surface area contributed by atoms with E-state index in [4.69, 9.17) is 0 Å². The molecule has 1 N–H and O–H groups in total. The normalized spacial score (nSPS) is 13.8. The Morgan fingerprint density at radius 3 is 2.24 bits per heavy atom. The zero-order chi connectivity index (χ0) is 15.4. The third kappa shape index (κ3) is 3.46. The Balaban J connectivity index is 1.86. The average Bonchev–Trinajstić information content (AvgIpc) is 2.69. The highest BCUT2D eigenvalue weighted by atomic mass is 16.2. The van der Waals surface area contributed by atoms with Gasteiger partial charge in [-0.15, -0.1) is 0 Å². The highest BCUT2D eigenvalue weighted by Crippen LogP contribution is 2.22. The summed E-state index contributed by atoms with van der Waals surface area (Å²) in [6.45, 7) is 1.41. The number of hydrogen-bond acceptors (Lipinski definition) is 4. The Kier molecular flexibility index (Phi) is 4.70. The maximum Gasteiger partial charge on any atom is 0.261 e. The molecule has 0 aliphatic carbocycles. The lowest BCUT2D eigenvalue weighted by Gasteiger charge is -2.14. The third-order valence-corrected chi connectivity index (χ3v) is 3.32. The van der Waals surface area contributed by atoms with Gasteiger partial charge in [0.1, 0.15) is 0 Å². The van der Waals surface area contributed by atoms with Crippen molar-refractivity contribution in [3.05, 3.63) is 35.4 Å². The van der Waals surface area contributed by atoms with Crippen LogP contribution in [-0.2, 0) is 4.79 Å². The number of nitrogens with one attached hydrogen (secondary N) is 1. The molecule has 2 rings (SSSR count). The molecule has 1 aromatic rings. The zero-order valence-electron chi connectivity index (χ0n) is 12.3. The third-order valence-electron chi connectivity index (χ3n) is 3.32. The highest BCUT2D eigenvalue weighted by molar-refractivity contribution is 6.21. The summed E-state index contributed by atoms with van der Waals surface area (Å²) in [6, 6.07) is 6.71. The van der Waals surface area contributed by atoms with Gasteiger partial charge in [0.05, 0.1) is 11.1 Å². The number of likely N-dealkylation sites (N-methyl/N-ethyl adjacent to an activating group) is 1. The number of rotatable bonds is 6. The van der Waals surface area contributed by atoms with E-state index in [0.717, 1.165) is 11.4 Å². The molecule has 0 aromatic heterocycles. The molecule has 0 spiro atoms. The van der Waals surface area contributed by atoms with Gasteiger partial charge in [-0.2, -0.15) is 0 Å². The summed E-state index contributed by atoms with van der Waals surface area (Å²) in [5.74, 6) is -0.804. The van der Waals surface area contributed by atoms with Crippen LogP contribution in [0.2, 0.25) is 0 Å². The lowest BCUT2D eigenvalue weighted by atomic mass is 10.1. The molecule has 1 heterocycles. The van der Waals surface area contributed by atoms with Crippen molar-refractivity contribution in [1.82, 2.24) is 15.1 Å². The van der Waals surface area contributed by atoms with Crippen LogP contribution in [0.3, 0.4) is 0 Å². The van der Waals surface area contributed by atoms with E-state index in [9.17, 15) is 14.4 Å². The van der Waals surface area contributed by atoms with Gasteiger partial charge < -0.3 is 10.2 Å². The molecule has 6 heteroatoms. The Bertz CT molecular complexity index is 534. The smallest absolute Gasteiger partial charge is 0.261 e. The lowest BCUT2D eigenvalue weighted by Crippen LogP contribution is -2.36. The van der Waals surface area contributed by atoms with Gasteiger partial charge in [-0.1, -0.05) is 12.1 Å². The van der Waals surface area contributed by atoms with Gasteiger partial charge in [-0.05, 0) is 26.2 Å². The van der Waals surface area contributed by atoms with Crippen molar-refractivity contribution < 1.29 is 14.4 Å². The molecule has 0 unspecified atom stereocenters. The first kappa shape index (κ1) is 15.2. The van der Waals surface area contributed by atoms with Gasteiger partial charge in [0, 0.05) is 26.1 Å². The van der Waals surface area contributed by atoms with E-state index >= 15 is 0 Å². The van der Waals surface area contributed by atoms with E-state index in [1.165, 1.54) is 0 Å². The summed E-state index contributed by atoms with van der Waals surface area (Å²) in [5, 5.41) is 2.76. The number of imide groups is 1. The number of carbonyl (C=O) groups is 3. The molecule has 1 aliphatic rings. The SMILES string of the molecule is CN(C)CCNC(=O)CCN1C(=O)c2ccccc2C1=O. The molecule has 1 aliphatic heterocycles. The largest absolute Gasteiger partial charge is 0.355 e. The van der Waals surface area contributed by atoms with E-state index in [1.54, 1.807) is 24.3 Å². The molecule has 0 fully saturated rings. The first-order valence-electron chi connectivity index (χ1n) is 6.87. The van der Waals surface area contributed by atoms with Crippen LogP contribution in [0.25, 0.3) is 0 Å². The van der Waals surface area contributed by atoms with Crippen LogP contribution >= 0.6 is 0 Å². The molecule has 3 amide bonds. The molecular formula is C15H19N3O3. The molecule has 0 saturated heterocycles. The van der Waals surface area contributed by atoms with Crippen LogP contribution in [-0.4, -0.2) is 61.3 Å². The molecule has 6 nitrogen and oxygen atoms in total. The fourth-order valence-corrected chi connectivity index (χ4v) is 2.16. The summed E-state index contributed by atoms with van der Waals surface area (Å²) in [4.78, 5) is 39.0. The van der Waals surface area contributed by atoms with Crippen molar-refractivity contribution in [3.63, 3.8) is 0 Å². The highest BCUT2D eigenvalue weighted by Gasteiger charge is 2.34. The maximum atomic E-state index is 12.1. The summed E-state index contributed by atoms with van der Waals surface area (Å²) in [6.07, 6.45) is 0.124. The van der Waals surface area contributed by atoms with Gasteiger partial charge in [-0.3, -0.25) is 19.3 Å². The van der Waals surface area contributed by atoms with Gasteiger partial charge in [0.15, 0.2) is 0 Å². The van der Waals surface area contributed by atoms with Crippen LogP contribution in [0.5, 0.6) is 0 Å². The lowest BCUT2D eigenvalue weighted by molar-refractivity contribution is -0.121. The topological polar surface area (TPSA) is 69.7 Å². The van der Waals surface area contributed by atoms with Gasteiger partial charge in [0.25, 0.3) is 11.8 Å². The van der Waals surface area contributed by atoms with Crippen molar-refractivity contribution in [1.29, 1.82) is 0 Å². The summed E-state index contributed by atoms with van der Waals surface area (Å²) in [7, 11) is 3.84. The minimum Gasteiger partial charge on any atom is -0.355 e. The van der Waals surface area contributed by atoms with Gasteiger partial charge in [-0.25, -0.2) is 0 Å². The Hall–Kier alpha value is -2.21. The minimum absolute atomic E-state index is 0.111. The standard InChI is InChI=1S/C15H19N3O3/c1-17(2)10-8-16-13(19)7-9-18-14(20)11-5-3-4-6-12(11)15(18)21/h3-6H,7-10H2,1-2H3,(H,16,19). The van der Waals surface area contributed by atoms with Crippen molar-refractivity contribution in [2.45, 2.75) is 6.42 Å². The molecule has 0 bridgehead atoms. The van der Waals surface area contributed by atoms with Crippen molar-refractivity contribution in [2.24, 2.45) is 0 Å². The van der Waals surface area contributed by atoms with Crippen molar-refractivity contribution in [3.8, 4) is 0 Å². The summed E-state index contributed by atoms with van der Waals surface area (Å²) in [5.41, 5.74) is 0.825.